The maximum Gasteiger partial charge on any atom is 0.326 e. The fraction of sp³-hybridized carbons (Fsp3) is 0.778. The van der Waals surface area contributed by atoms with Crippen molar-refractivity contribution in [1.29, 1.82) is 5.26 Å². The number of carbonyl (C=O) groups excluding carboxylic acids is 1. The van der Waals surface area contributed by atoms with E-state index in [9.17, 15) is 4.79 Å². The summed E-state index contributed by atoms with van der Waals surface area (Å²) in [4.78, 5) is 11.4. The Bertz CT molecular complexity index is 210. The fourth-order valence-corrected chi connectivity index (χ4v) is 1.12. The van der Waals surface area contributed by atoms with E-state index in [4.69, 9.17) is 15.7 Å². The third-order valence-electron chi connectivity index (χ3n) is 2.05. The van der Waals surface area contributed by atoms with Crippen LogP contribution in [0.2, 0.25) is 0 Å². The summed E-state index contributed by atoms with van der Waals surface area (Å²) in [5.41, 5.74) is 4.30. The van der Waals surface area contributed by atoms with Crippen molar-refractivity contribution in [2.24, 2.45) is 11.1 Å². The van der Waals surface area contributed by atoms with Crippen molar-refractivity contribution < 1.29 is 9.53 Å². The first-order valence-corrected chi connectivity index (χ1v) is 4.45. The SMILES string of the molecule is CCOC(=O)C(C#N)(CC)CCN. The number of ether oxygens (including phenoxy) is 1. The maximum atomic E-state index is 11.4. The number of hydrogen-bond donors (Lipinski definition) is 1. The summed E-state index contributed by atoms with van der Waals surface area (Å²) in [6.07, 6.45) is 0.804. The minimum absolute atomic E-state index is 0.298. The minimum Gasteiger partial charge on any atom is -0.465 e. The number of hydrogen-bond acceptors (Lipinski definition) is 4. The van der Waals surface area contributed by atoms with Crippen LogP contribution in [0.5, 0.6) is 0 Å². The predicted molar refractivity (Wildman–Crippen MR) is 48.6 cm³/mol. The maximum absolute atomic E-state index is 11.4. The molecule has 2 N–H and O–H groups in total. The van der Waals surface area contributed by atoms with Gasteiger partial charge in [0.05, 0.1) is 12.7 Å². The first kappa shape index (κ1) is 11.9. The molecule has 0 aromatic carbocycles. The van der Waals surface area contributed by atoms with Crippen molar-refractivity contribution in [2.75, 3.05) is 13.2 Å². The molecule has 0 aliphatic rings. The molecule has 1 unspecified atom stereocenters. The van der Waals surface area contributed by atoms with Crippen LogP contribution in [0, 0.1) is 16.7 Å². The van der Waals surface area contributed by atoms with Gasteiger partial charge in [-0.25, -0.2) is 0 Å². The van der Waals surface area contributed by atoms with E-state index < -0.39 is 11.4 Å². The second kappa shape index (κ2) is 5.55. The highest BCUT2D eigenvalue weighted by atomic mass is 16.5. The van der Waals surface area contributed by atoms with Crippen LogP contribution in [-0.4, -0.2) is 19.1 Å². The van der Waals surface area contributed by atoms with Gasteiger partial charge in [0.1, 0.15) is 0 Å². The molecule has 0 aliphatic carbocycles. The van der Waals surface area contributed by atoms with Gasteiger partial charge in [0.2, 0.25) is 0 Å². The third-order valence-corrected chi connectivity index (χ3v) is 2.05. The van der Waals surface area contributed by atoms with Crippen LogP contribution in [0.25, 0.3) is 0 Å². The molecule has 0 radical (unpaired) electrons. The van der Waals surface area contributed by atoms with Crippen molar-refractivity contribution in [1.82, 2.24) is 0 Å². The Labute approximate surface area is 78.7 Å². The summed E-state index contributed by atoms with van der Waals surface area (Å²) in [6, 6.07) is 2.00. The molecule has 0 heterocycles. The molecule has 0 spiro atoms. The van der Waals surface area contributed by atoms with Gasteiger partial charge in [0, 0.05) is 0 Å². The average molecular weight is 184 g/mol. The largest absolute Gasteiger partial charge is 0.465 e. The molecule has 4 nitrogen and oxygen atoms in total. The Morgan fingerprint density at radius 2 is 2.23 bits per heavy atom. The first-order chi connectivity index (χ1) is 6.16. The molecular formula is C9H16N2O2. The highest BCUT2D eigenvalue weighted by Gasteiger charge is 2.37. The van der Waals surface area contributed by atoms with Gasteiger partial charge >= 0.3 is 5.97 Å². The Balaban J connectivity index is 4.56. The second-order valence-electron chi connectivity index (χ2n) is 2.81. The summed E-state index contributed by atoms with van der Waals surface area (Å²) in [7, 11) is 0. The zero-order valence-corrected chi connectivity index (χ0v) is 8.17. The fourth-order valence-electron chi connectivity index (χ4n) is 1.12. The average Bonchev–Trinajstić information content (AvgIpc) is 2.14. The number of nitrogens with zero attached hydrogens (tertiary/aromatic N) is 1. The molecule has 4 heteroatoms. The van der Waals surface area contributed by atoms with Gasteiger partial charge in [-0.1, -0.05) is 6.92 Å². The van der Waals surface area contributed by atoms with Crippen LogP contribution in [0.4, 0.5) is 0 Å². The predicted octanol–water partition coefficient (Wildman–Crippen LogP) is 0.818. The van der Waals surface area contributed by atoms with E-state index >= 15 is 0 Å². The molecule has 0 aromatic heterocycles. The van der Waals surface area contributed by atoms with Crippen LogP contribution < -0.4 is 5.73 Å². The smallest absolute Gasteiger partial charge is 0.326 e. The van der Waals surface area contributed by atoms with Crippen LogP contribution in [0.15, 0.2) is 0 Å². The van der Waals surface area contributed by atoms with E-state index in [-0.39, 0.29) is 0 Å². The van der Waals surface area contributed by atoms with E-state index in [1.54, 1.807) is 13.8 Å². The minimum atomic E-state index is -1.04. The van der Waals surface area contributed by atoms with E-state index in [0.717, 1.165) is 0 Å². The zero-order valence-electron chi connectivity index (χ0n) is 8.17. The molecule has 0 rings (SSSR count). The Morgan fingerprint density at radius 3 is 2.54 bits per heavy atom. The molecule has 1 atom stereocenters. The van der Waals surface area contributed by atoms with E-state index in [2.05, 4.69) is 0 Å². The van der Waals surface area contributed by atoms with Crippen molar-refractivity contribution in [2.45, 2.75) is 26.7 Å². The van der Waals surface area contributed by atoms with Crippen LogP contribution in [0.3, 0.4) is 0 Å². The van der Waals surface area contributed by atoms with E-state index in [1.807, 2.05) is 6.07 Å². The summed E-state index contributed by atoms with van der Waals surface area (Å²) in [5, 5.41) is 8.90. The summed E-state index contributed by atoms with van der Waals surface area (Å²) in [5.74, 6) is -0.453. The monoisotopic (exact) mass is 184 g/mol. The van der Waals surface area contributed by atoms with Gasteiger partial charge in [-0.15, -0.1) is 0 Å². The lowest BCUT2D eigenvalue weighted by molar-refractivity contribution is -0.152. The Morgan fingerprint density at radius 1 is 1.62 bits per heavy atom. The molecule has 0 fully saturated rings. The van der Waals surface area contributed by atoms with Crippen molar-refractivity contribution in [3.63, 3.8) is 0 Å². The van der Waals surface area contributed by atoms with Crippen LogP contribution >= 0.6 is 0 Å². The number of carbonyl (C=O) groups is 1. The molecule has 0 saturated carbocycles. The van der Waals surface area contributed by atoms with E-state index in [0.29, 0.717) is 26.0 Å². The van der Waals surface area contributed by atoms with E-state index in [1.165, 1.54) is 0 Å². The third kappa shape index (κ3) is 2.71. The number of nitriles is 1. The van der Waals surface area contributed by atoms with Crippen LogP contribution in [-0.2, 0) is 9.53 Å². The molecule has 74 valence electrons. The summed E-state index contributed by atoms with van der Waals surface area (Å²) in [6.45, 7) is 4.13. The molecule has 13 heavy (non-hydrogen) atoms. The number of nitrogens with two attached hydrogens (primary N) is 1. The topological polar surface area (TPSA) is 76.1 Å². The zero-order chi connectivity index (χ0) is 10.3. The molecule has 0 bridgehead atoms. The quantitative estimate of drug-likeness (QED) is 0.642. The molecule has 0 aliphatic heterocycles. The molecule has 0 aromatic rings. The van der Waals surface area contributed by atoms with Gasteiger partial charge in [0.25, 0.3) is 0 Å². The molecule has 0 amide bonds. The highest BCUT2D eigenvalue weighted by molar-refractivity contribution is 5.79. The van der Waals surface area contributed by atoms with Gasteiger partial charge in [-0.2, -0.15) is 5.26 Å². The normalized spacial score (nSPS) is 14.3. The second-order valence-corrected chi connectivity index (χ2v) is 2.81. The summed E-state index contributed by atoms with van der Waals surface area (Å²) < 4.78 is 4.82. The number of rotatable bonds is 5. The van der Waals surface area contributed by atoms with Crippen LogP contribution in [0.1, 0.15) is 26.7 Å². The van der Waals surface area contributed by atoms with Gasteiger partial charge in [0.15, 0.2) is 5.41 Å². The lowest BCUT2D eigenvalue weighted by Crippen LogP contribution is -2.33. The standard InChI is InChI=1S/C9H16N2O2/c1-3-9(7-11,5-6-10)8(12)13-4-2/h3-6,10H2,1-2H3. The highest BCUT2D eigenvalue weighted by Crippen LogP contribution is 2.26. The van der Waals surface area contributed by atoms with Crippen molar-refractivity contribution in [3.8, 4) is 6.07 Å². The van der Waals surface area contributed by atoms with Gasteiger partial charge < -0.3 is 10.5 Å². The van der Waals surface area contributed by atoms with Gasteiger partial charge in [-0.05, 0) is 26.3 Å². The van der Waals surface area contributed by atoms with Crippen molar-refractivity contribution >= 4 is 5.97 Å². The van der Waals surface area contributed by atoms with Gasteiger partial charge in [-0.3, -0.25) is 4.79 Å². The first-order valence-electron chi connectivity index (χ1n) is 4.45. The molecule has 0 saturated heterocycles. The number of esters is 1. The summed E-state index contributed by atoms with van der Waals surface area (Å²) >= 11 is 0. The van der Waals surface area contributed by atoms with Crippen molar-refractivity contribution in [3.05, 3.63) is 0 Å². The Kier molecular flexibility index (Phi) is 5.09. The lowest BCUT2D eigenvalue weighted by Gasteiger charge is -2.21. The lowest BCUT2D eigenvalue weighted by atomic mass is 9.83. The Hall–Kier alpha value is -1.08. The molecular weight excluding hydrogens is 168 g/mol.